The third-order valence-corrected chi connectivity index (χ3v) is 7.07. The number of amides is 2. The van der Waals surface area contributed by atoms with Crippen LogP contribution in [-0.4, -0.2) is 40.6 Å². The minimum absolute atomic E-state index is 0.00880. The van der Waals surface area contributed by atoms with E-state index in [4.69, 9.17) is 27.9 Å². The van der Waals surface area contributed by atoms with Gasteiger partial charge in [-0.3, -0.25) is 9.59 Å². The van der Waals surface area contributed by atoms with E-state index < -0.39 is 41.2 Å². The molecule has 0 aliphatic carbocycles. The van der Waals surface area contributed by atoms with Crippen LogP contribution in [0, 0.1) is 11.2 Å². The number of unbranched alkanes of at least 4 members (excludes halogenated alkanes) is 1. The van der Waals surface area contributed by atoms with Crippen molar-refractivity contribution >= 4 is 57.7 Å². The number of benzene rings is 2. The van der Waals surface area contributed by atoms with E-state index in [0.717, 1.165) is 6.07 Å². The molecule has 3 rings (SSSR count). The van der Waals surface area contributed by atoms with Crippen molar-refractivity contribution in [1.29, 1.82) is 0 Å². The van der Waals surface area contributed by atoms with Crippen molar-refractivity contribution in [2.24, 2.45) is 5.41 Å². The number of nitrogens with zero attached hydrogens (tertiary/aromatic N) is 1. The van der Waals surface area contributed by atoms with Gasteiger partial charge in [-0.1, -0.05) is 97.5 Å². The Balaban J connectivity index is 0.00000163. The summed E-state index contributed by atoms with van der Waals surface area (Å²) in [6.07, 6.45) is -1.59. The number of nitrogens with one attached hydrogen (secondary N) is 4. The summed E-state index contributed by atoms with van der Waals surface area (Å²) in [4.78, 5) is 31.9. The number of ether oxygens (including phenoxy) is 1. The van der Waals surface area contributed by atoms with Gasteiger partial charge in [0.25, 0.3) is 5.91 Å². The zero-order chi connectivity index (χ0) is 35.4. The van der Waals surface area contributed by atoms with Crippen LogP contribution in [0.1, 0.15) is 97.5 Å². The van der Waals surface area contributed by atoms with Crippen LogP contribution < -0.4 is 20.7 Å². The molecule has 0 saturated carbocycles. The van der Waals surface area contributed by atoms with E-state index in [2.05, 4.69) is 39.8 Å². The van der Waals surface area contributed by atoms with Gasteiger partial charge in [0.15, 0.2) is 18.2 Å². The van der Waals surface area contributed by atoms with E-state index in [1.165, 1.54) is 18.9 Å². The van der Waals surface area contributed by atoms with Gasteiger partial charge in [-0.05, 0) is 31.0 Å². The standard InChI is InChI=1S/C26H29Cl2F4N5O3.C4H10.C2H6/c1-6-12(2)34-22(38)14-9-16-20(18(29)21(14)40-11-26(30,31)32)37-24(35-16)36-19-15(27)8-7-13(17(19)28)10-33-23(39)25(3,4)5;1-3-4-2;1-2/h7-9,12H,6,10-11H2,1-5H3,(H,33,39)(H,34,38)(H2,35,36,37);3-4H2,1-2H3;1-2H3. The molecule has 3 aromatic rings. The van der Waals surface area contributed by atoms with E-state index >= 15 is 4.39 Å². The summed E-state index contributed by atoms with van der Waals surface area (Å²) in [6, 6.07) is 3.99. The summed E-state index contributed by atoms with van der Waals surface area (Å²) in [6.45, 7) is 15.4. The number of carbonyl (C=O) groups is 2. The number of imidazole rings is 1. The van der Waals surface area contributed by atoms with Crippen molar-refractivity contribution in [2.45, 2.75) is 100 Å². The summed E-state index contributed by atoms with van der Waals surface area (Å²) in [5.41, 5.74) is -0.702. The quantitative estimate of drug-likeness (QED) is 0.158. The number of carbonyl (C=O) groups excluding carboxylic acids is 2. The molecular weight excluding hydrogens is 649 g/mol. The smallest absolute Gasteiger partial charge is 0.422 e. The lowest BCUT2D eigenvalue weighted by Gasteiger charge is -2.19. The Labute approximate surface area is 278 Å². The van der Waals surface area contributed by atoms with Crippen LogP contribution in [0.2, 0.25) is 10.0 Å². The highest BCUT2D eigenvalue weighted by molar-refractivity contribution is 6.39. The van der Waals surface area contributed by atoms with E-state index in [1.54, 1.807) is 40.7 Å². The Hall–Kier alpha value is -3.25. The number of anilines is 2. The van der Waals surface area contributed by atoms with Crippen LogP contribution in [0.25, 0.3) is 11.0 Å². The fraction of sp³-hybridized carbons (Fsp3) is 0.531. The maximum atomic E-state index is 15.5. The highest BCUT2D eigenvalue weighted by Crippen LogP contribution is 2.37. The summed E-state index contributed by atoms with van der Waals surface area (Å²) in [7, 11) is 0. The monoisotopic (exact) mass is 693 g/mol. The number of fused-ring (bicyclic) bond motifs is 1. The lowest BCUT2D eigenvalue weighted by Crippen LogP contribution is -2.34. The van der Waals surface area contributed by atoms with Crippen molar-refractivity contribution < 1.29 is 31.9 Å². The molecular formula is C32H45Cl2F4N5O3. The molecule has 0 aliphatic rings. The third kappa shape index (κ3) is 11.8. The second kappa shape index (κ2) is 18.2. The van der Waals surface area contributed by atoms with E-state index in [1.807, 2.05) is 13.8 Å². The molecule has 0 radical (unpaired) electrons. The minimum atomic E-state index is -4.77. The zero-order valence-electron chi connectivity index (χ0n) is 27.8. The first-order valence-corrected chi connectivity index (χ1v) is 15.9. The number of hydrogen-bond donors (Lipinski definition) is 4. The molecule has 14 heteroatoms. The van der Waals surface area contributed by atoms with Crippen LogP contribution in [0.4, 0.5) is 29.2 Å². The number of hydrogen-bond acceptors (Lipinski definition) is 5. The molecule has 0 saturated heterocycles. The topological polar surface area (TPSA) is 108 Å². The van der Waals surface area contributed by atoms with Gasteiger partial charge in [-0.15, -0.1) is 0 Å². The number of alkyl halides is 3. The summed E-state index contributed by atoms with van der Waals surface area (Å²) < 4.78 is 58.8. The van der Waals surface area contributed by atoms with Crippen molar-refractivity contribution in [1.82, 2.24) is 20.6 Å². The van der Waals surface area contributed by atoms with Crippen LogP contribution in [0.3, 0.4) is 0 Å². The number of H-pyrrole nitrogens is 1. The Kier molecular flexibility index (Phi) is 16.1. The zero-order valence-corrected chi connectivity index (χ0v) is 29.3. The molecule has 2 aromatic carbocycles. The molecule has 46 heavy (non-hydrogen) atoms. The molecule has 1 heterocycles. The number of aromatic amines is 1. The fourth-order valence-corrected chi connectivity index (χ4v) is 3.96. The number of rotatable bonds is 10. The normalized spacial score (nSPS) is 11.9. The highest BCUT2D eigenvalue weighted by Gasteiger charge is 2.32. The first-order chi connectivity index (χ1) is 21.4. The van der Waals surface area contributed by atoms with Gasteiger partial charge >= 0.3 is 6.18 Å². The lowest BCUT2D eigenvalue weighted by molar-refractivity contribution is -0.153. The molecule has 1 atom stereocenters. The second-order valence-electron chi connectivity index (χ2n) is 11.2. The van der Waals surface area contributed by atoms with E-state index in [-0.39, 0.29) is 51.2 Å². The van der Waals surface area contributed by atoms with Gasteiger partial charge in [-0.25, -0.2) is 9.37 Å². The van der Waals surface area contributed by atoms with Crippen LogP contribution in [-0.2, 0) is 11.3 Å². The average molecular weight is 695 g/mol. The Morgan fingerprint density at radius 2 is 1.67 bits per heavy atom. The summed E-state index contributed by atoms with van der Waals surface area (Å²) >= 11 is 12.9. The largest absolute Gasteiger partial charge is 0.480 e. The molecule has 0 bridgehead atoms. The van der Waals surface area contributed by atoms with Crippen LogP contribution >= 0.6 is 23.2 Å². The van der Waals surface area contributed by atoms with Gasteiger partial charge in [0.1, 0.15) is 5.52 Å². The first kappa shape index (κ1) is 40.8. The SMILES string of the molecule is CC.CCC(C)NC(=O)c1cc2[nH]c(Nc3c(Cl)ccc(CNC(=O)C(C)(C)C)c3Cl)nc2c(F)c1OCC(F)(F)F.CCCC. The molecule has 2 amide bonds. The molecule has 0 spiro atoms. The fourth-order valence-electron chi connectivity index (χ4n) is 3.43. The van der Waals surface area contributed by atoms with Gasteiger partial charge < -0.3 is 25.7 Å². The Morgan fingerprint density at radius 1 is 1.07 bits per heavy atom. The minimum Gasteiger partial charge on any atom is -0.480 e. The molecule has 1 unspecified atom stereocenters. The molecule has 8 nitrogen and oxygen atoms in total. The lowest BCUT2D eigenvalue weighted by atomic mass is 9.95. The predicted octanol–water partition coefficient (Wildman–Crippen LogP) is 9.72. The Morgan fingerprint density at radius 3 is 2.20 bits per heavy atom. The van der Waals surface area contributed by atoms with Gasteiger partial charge in [0, 0.05) is 18.0 Å². The van der Waals surface area contributed by atoms with Crippen molar-refractivity contribution in [3.8, 4) is 5.75 Å². The average Bonchev–Trinajstić information content (AvgIpc) is 3.41. The van der Waals surface area contributed by atoms with Crippen molar-refractivity contribution in [2.75, 3.05) is 11.9 Å². The number of halogens is 6. The molecule has 1 aromatic heterocycles. The second-order valence-corrected chi connectivity index (χ2v) is 12.0. The summed E-state index contributed by atoms with van der Waals surface area (Å²) in [5.74, 6) is -3.20. The first-order valence-electron chi connectivity index (χ1n) is 15.2. The van der Waals surface area contributed by atoms with Gasteiger partial charge in [-0.2, -0.15) is 13.2 Å². The molecule has 0 fully saturated rings. The molecule has 0 aliphatic heterocycles. The molecule has 4 N–H and O–H groups in total. The Bertz CT molecular complexity index is 1450. The van der Waals surface area contributed by atoms with Crippen LogP contribution in [0.15, 0.2) is 18.2 Å². The van der Waals surface area contributed by atoms with Gasteiger partial charge in [0.2, 0.25) is 11.9 Å². The maximum Gasteiger partial charge on any atom is 0.422 e. The predicted molar refractivity (Wildman–Crippen MR) is 178 cm³/mol. The number of aromatic nitrogens is 2. The van der Waals surface area contributed by atoms with Gasteiger partial charge in [0.05, 0.1) is 26.8 Å². The van der Waals surface area contributed by atoms with E-state index in [0.29, 0.717) is 12.0 Å². The molecule has 258 valence electrons. The third-order valence-electron chi connectivity index (χ3n) is 6.32. The van der Waals surface area contributed by atoms with E-state index in [9.17, 15) is 22.8 Å². The highest BCUT2D eigenvalue weighted by atomic mass is 35.5. The maximum absolute atomic E-state index is 15.5. The summed E-state index contributed by atoms with van der Waals surface area (Å²) in [5, 5.41) is 8.56. The van der Waals surface area contributed by atoms with Crippen LogP contribution in [0.5, 0.6) is 5.75 Å². The van der Waals surface area contributed by atoms with Crippen molar-refractivity contribution in [3.63, 3.8) is 0 Å². The van der Waals surface area contributed by atoms with Crippen molar-refractivity contribution in [3.05, 3.63) is 45.2 Å².